The summed E-state index contributed by atoms with van der Waals surface area (Å²) >= 11 is 0. The second kappa shape index (κ2) is 5.43. The Hall–Kier alpha value is -2.57. The van der Waals surface area contributed by atoms with E-state index in [0.29, 0.717) is 6.54 Å². The van der Waals surface area contributed by atoms with E-state index in [1.807, 2.05) is 29.2 Å². The van der Waals surface area contributed by atoms with Gasteiger partial charge in [0.15, 0.2) is 0 Å². The van der Waals surface area contributed by atoms with E-state index < -0.39 is 0 Å². The van der Waals surface area contributed by atoms with Gasteiger partial charge in [-0.05, 0) is 30.5 Å². The first kappa shape index (κ1) is 13.4. The highest BCUT2D eigenvalue weighted by molar-refractivity contribution is 5.91. The Bertz CT molecular complexity index is 633. The van der Waals surface area contributed by atoms with Gasteiger partial charge in [-0.3, -0.25) is 9.89 Å². The summed E-state index contributed by atoms with van der Waals surface area (Å²) in [6, 6.07) is 7.95. The number of nitrogens with one attached hydrogen (secondary N) is 1. The normalized spacial score (nSPS) is 14.0. The number of hydrogen-bond acceptors (Lipinski definition) is 5. The molecule has 7 heteroatoms. The van der Waals surface area contributed by atoms with Crippen molar-refractivity contribution in [3.05, 3.63) is 35.7 Å². The van der Waals surface area contributed by atoms with Gasteiger partial charge in [0, 0.05) is 12.6 Å². The molecule has 0 radical (unpaired) electrons. The highest BCUT2D eigenvalue weighted by atomic mass is 16.5. The minimum absolute atomic E-state index is 0.0820. The third-order valence-electron chi connectivity index (χ3n) is 3.47. The van der Waals surface area contributed by atoms with E-state index in [-0.39, 0.29) is 23.7 Å². The first-order chi connectivity index (χ1) is 10.2. The number of rotatable bonds is 5. The van der Waals surface area contributed by atoms with Gasteiger partial charge in [-0.2, -0.15) is 4.98 Å². The molecule has 1 heterocycles. The molecule has 1 aliphatic carbocycles. The molecule has 7 nitrogen and oxygen atoms in total. The molecule has 21 heavy (non-hydrogen) atoms. The number of nitrogens with two attached hydrogens (primary N) is 1. The van der Waals surface area contributed by atoms with E-state index in [1.54, 1.807) is 7.11 Å². The van der Waals surface area contributed by atoms with E-state index in [1.165, 1.54) is 0 Å². The summed E-state index contributed by atoms with van der Waals surface area (Å²) in [7, 11) is 1.63. The molecule has 0 saturated heterocycles. The van der Waals surface area contributed by atoms with Crippen molar-refractivity contribution in [2.45, 2.75) is 25.4 Å². The number of benzene rings is 1. The maximum absolute atomic E-state index is 12.5. The molecule has 1 aliphatic rings. The quantitative estimate of drug-likeness (QED) is 0.861. The van der Waals surface area contributed by atoms with Crippen molar-refractivity contribution in [2.24, 2.45) is 0 Å². The Balaban J connectivity index is 1.76. The zero-order valence-corrected chi connectivity index (χ0v) is 11.7. The van der Waals surface area contributed by atoms with Crippen molar-refractivity contribution in [3.63, 3.8) is 0 Å². The SMILES string of the molecule is COc1ccc(CN(C(=O)c2nc(N)n[nH]2)C2CC2)cc1. The van der Waals surface area contributed by atoms with Gasteiger partial charge in [-0.15, -0.1) is 5.10 Å². The van der Waals surface area contributed by atoms with Gasteiger partial charge < -0.3 is 15.4 Å². The summed E-state index contributed by atoms with van der Waals surface area (Å²) in [5.74, 6) is 0.898. The van der Waals surface area contributed by atoms with Crippen LogP contribution in [0.2, 0.25) is 0 Å². The molecule has 1 amide bonds. The van der Waals surface area contributed by atoms with E-state index in [0.717, 1.165) is 24.2 Å². The minimum atomic E-state index is -0.169. The molecule has 0 aliphatic heterocycles. The van der Waals surface area contributed by atoms with Crippen LogP contribution in [0.5, 0.6) is 5.75 Å². The molecule has 0 bridgehead atoms. The average molecular weight is 287 g/mol. The number of aromatic nitrogens is 3. The second-order valence-corrected chi connectivity index (χ2v) is 5.05. The second-order valence-electron chi connectivity index (χ2n) is 5.05. The molecule has 1 aromatic carbocycles. The van der Waals surface area contributed by atoms with Crippen molar-refractivity contribution >= 4 is 11.9 Å². The number of ether oxygens (including phenoxy) is 1. The number of carbonyl (C=O) groups excluding carboxylic acids is 1. The third kappa shape index (κ3) is 2.96. The fraction of sp³-hybridized carbons (Fsp3) is 0.357. The smallest absolute Gasteiger partial charge is 0.291 e. The van der Waals surface area contributed by atoms with Gasteiger partial charge in [0.05, 0.1) is 7.11 Å². The molecular weight excluding hydrogens is 270 g/mol. The van der Waals surface area contributed by atoms with Crippen LogP contribution in [0.1, 0.15) is 29.0 Å². The van der Waals surface area contributed by atoms with Crippen LogP contribution in [0.4, 0.5) is 5.95 Å². The predicted molar refractivity (Wildman–Crippen MR) is 76.7 cm³/mol. The van der Waals surface area contributed by atoms with Gasteiger partial charge >= 0.3 is 0 Å². The van der Waals surface area contributed by atoms with Crippen LogP contribution in [-0.4, -0.2) is 39.1 Å². The zero-order valence-electron chi connectivity index (χ0n) is 11.7. The molecule has 3 rings (SSSR count). The van der Waals surface area contributed by atoms with Crippen molar-refractivity contribution in [1.29, 1.82) is 0 Å². The van der Waals surface area contributed by atoms with Crippen LogP contribution in [0.25, 0.3) is 0 Å². The summed E-state index contributed by atoms with van der Waals surface area (Å²) in [5.41, 5.74) is 6.50. The number of methoxy groups -OCH3 is 1. The summed E-state index contributed by atoms with van der Waals surface area (Å²) in [5, 5.41) is 6.28. The standard InChI is InChI=1S/C14H17N5O2/c1-21-11-6-2-9(3-7-11)8-19(10-4-5-10)13(20)12-16-14(15)18-17-12/h2-3,6-7,10H,4-5,8H2,1H3,(H3,15,16,17,18). The third-order valence-corrected chi connectivity index (χ3v) is 3.47. The number of H-pyrrole nitrogens is 1. The lowest BCUT2D eigenvalue weighted by molar-refractivity contribution is 0.0718. The van der Waals surface area contributed by atoms with Crippen molar-refractivity contribution in [1.82, 2.24) is 20.1 Å². The largest absolute Gasteiger partial charge is 0.497 e. The Morgan fingerprint density at radius 2 is 2.14 bits per heavy atom. The van der Waals surface area contributed by atoms with Gasteiger partial charge in [-0.1, -0.05) is 12.1 Å². The number of aromatic amines is 1. The molecule has 0 spiro atoms. The highest BCUT2D eigenvalue weighted by Gasteiger charge is 2.34. The summed E-state index contributed by atoms with van der Waals surface area (Å²) in [6.07, 6.45) is 2.04. The van der Waals surface area contributed by atoms with E-state index >= 15 is 0 Å². The molecule has 1 saturated carbocycles. The Kier molecular flexibility index (Phi) is 3.47. The molecule has 110 valence electrons. The van der Waals surface area contributed by atoms with Crippen LogP contribution >= 0.6 is 0 Å². The number of nitrogen functional groups attached to an aromatic ring is 1. The van der Waals surface area contributed by atoms with E-state index in [9.17, 15) is 4.79 Å². The number of amides is 1. The van der Waals surface area contributed by atoms with Crippen molar-refractivity contribution in [2.75, 3.05) is 12.8 Å². The van der Waals surface area contributed by atoms with Gasteiger partial charge in [-0.25, -0.2) is 0 Å². The molecule has 0 unspecified atom stereocenters. The maximum Gasteiger partial charge on any atom is 0.291 e. The fourth-order valence-electron chi connectivity index (χ4n) is 2.19. The summed E-state index contributed by atoms with van der Waals surface area (Å²) < 4.78 is 5.14. The Labute approximate surface area is 122 Å². The number of carbonyl (C=O) groups is 1. The van der Waals surface area contributed by atoms with E-state index in [2.05, 4.69) is 15.2 Å². The first-order valence-electron chi connectivity index (χ1n) is 6.79. The summed E-state index contributed by atoms with van der Waals surface area (Å²) in [6.45, 7) is 0.536. The minimum Gasteiger partial charge on any atom is -0.497 e. The van der Waals surface area contributed by atoms with Gasteiger partial charge in [0.1, 0.15) is 5.75 Å². The van der Waals surface area contributed by atoms with E-state index in [4.69, 9.17) is 10.5 Å². The molecule has 1 aromatic heterocycles. The van der Waals surface area contributed by atoms with Crippen LogP contribution in [-0.2, 0) is 6.54 Å². The lowest BCUT2D eigenvalue weighted by Crippen LogP contribution is -2.33. The molecule has 2 aromatic rings. The molecule has 0 atom stereocenters. The van der Waals surface area contributed by atoms with Crippen LogP contribution in [0, 0.1) is 0 Å². The van der Waals surface area contributed by atoms with Crippen molar-refractivity contribution < 1.29 is 9.53 Å². The fourth-order valence-corrected chi connectivity index (χ4v) is 2.19. The maximum atomic E-state index is 12.5. The number of anilines is 1. The Morgan fingerprint density at radius 1 is 1.43 bits per heavy atom. The zero-order chi connectivity index (χ0) is 14.8. The molecule has 3 N–H and O–H groups in total. The van der Waals surface area contributed by atoms with Gasteiger partial charge in [0.2, 0.25) is 11.8 Å². The lowest BCUT2D eigenvalue weighted by atomic mass is 10.2. The van der Waals surface area contributed by atoms with Crippen LogP contribution in [0.15, 0.2) is 24.3 Å². The average Bonchev–Trinajstić information content (AvgIpc) is 3.26. The monoisotopic (exact) mass is 287 g/mol. The number of nitrogens with zero attached hydrogens (tertiary/aromatic N) is 3. The summed E-state index contributed by atoms with van der Waals surface area (Å²) in [4.78, 5) is 18.2. The lowest BCUT2D eigenvalue weighted by Gasteiger charge is -2.21. The van der Waals surface area contributed by atoms with Crippen molar-refractivity contribution in [3.8, 4) is 5.75 Å². The number of hydrogen-bond donors (Lipinski definition) is 2. The molecule has 1 fully saturated rings. The Morgan fingerprint density at radius 3 is 2.67 bits per heavy atom. The molecular formula is C14H17N5O2. The topological polar surface area (TPSA) is 97.1 Å². The van der Waals surface area contributed by atoms with Crippen LogP contribution in [0.3, 0.4) is 0 Å². The van der Waals surface area contributed by atoms with Crippen LogP contribution < -0.4 is 10.5 Å². The highest BCUT2D eigenvalue weighted by Crippen LogP contribution is 2.29. The predicted octanol–water partition coefficient (Wildman–Crippen LogP) is 1.20. The first-order valence-corrected chi connectivity index (χ1v) is 6.79. The van der Waals surface area contributed by atoms with Gasteiger partial charge in [0.25, 0.3) is 5.91 Å².